The SMILES string of the molecule is CCNC(=S)C1(c2cc(O)ccc2O)CCCCC1=O. The molecular weight excluding hydrogens is 274 g/mol. The molecule has 1 unspecified atom stereocenters. The maximum atomic E-state index is 12.6. The molecule has 108 valence electrons. The first-order chi connectivity index (χ1) is 9.52. The number of phenolic OH excluding ortho intramolecular Hbond substituents is 2. The van der Waals surface area contributed by atoms with Crippen LogP contribution in [-0.4, -0.2) is 27.5 Å². The Balaban J connectivity index is 2.59. The highest BCUT2D eigenvalue weighted by Crippen LogP contribution is 2.42. The maximum Gasteiger partial charge on any atom is 0.150 e. The molecular formula is C15H19NO3S. The first kappa shape index (κ1) is 14.8. The summed E-state index contributed by atoms with van der Waals surface area (Å²) < 4.78 is 0. The van der Waals surface area contributed by atoms with Gasteiger partial charge in [-0.3, -0.25) is 4.79 Å². The summed E-state index contributed by atoms with van der Waals surface area (Å²) in [4.78, 5) is 13.0. The van der Waals surface area contributed by atoms with E-state index >= 15 is 0 Å². The highest BCUT2D eigenvalue weighted by Gasteiger charge is 2.46. The summed E-state index contributed by atoms with van der Waals surface area (Å²) in [5, 5.41) is 22.9. The van der Waals surface area contributed by atoms with E-state index in [4.69, 9.17) is 12.2 Å². The Kier molecular flexibility index (Phi) is 4.28. The molecule has 1 atom stereocenters. The van der Waals surface area contributed by atoms with Crippen molar-refractivity contribution in [2.75, 3.05) is 6.54 Å². The molecule has 0 aliphatic heterocycles. The van der Waals surface area contributed by atoms with E-state index in [1.807, 2.05) is 6.92 Å². The van der Waals surface area contributed by atoms with Gasteiger partial charge in [0.1, 0.15) is 22.7 Å². The minimum Gasteiger partial charge on any atom is -0.508 e. The second-order valence-corrected chi connectivity index (χ2v) is 5.50. The molecule has 1 saturated carbocycles. The quantitative estimate of drug-likeness (QED) is 0.590. The molecule has 1 aromatic rings. The Morgan fingerprint density at radius 2 is 2.15 bits per heavy atom. The van der Waals surface area contributed by atoms with E-state index in [9.17, 15) is 15.0 Å². The summed E-state index contributed by atoms with van der Waals surface area (Å²) in [6.07, 6.45) is 2.72. The number of rotatable bonds is 3. The van der Waals surface area contributed by atoms with Crippen LogP contribution < -0.4 is 5.32 Å². The number of ketones is 1. The van der Waals surface area contributed by atoms with Gasteiger partial charge in [-0.25, -0.2) is 0 Å². The van der Waals surface area contributed by atoms with E-state index in [0.29, 0.717) is 29.9 Å². The van der Waals surface area contributed by atoms with Gasteiger partial charge in [0.25, 0.3) is 0 Å². The third-order valence-corrected chi connectivity index (χ3v) is 4.34. The van der Waals surface area contributed by atoms with Gasteiger partial charge in [0.05, 0.1) is 4.99 Å². The lowest BCUT2D eigenvalue weighted by Gasteiger charge is -2.37. The summed E-state index contributed by atoms with van der Waals surface area (Å²) in [6.45, 7) is 2.53. The number of benzene rings is 1. The van der Waals surface area contributed by atoms with Crippen molar-refractivity contribution in [3.05, 3.63) is 23.8 Å². The van der Waals surface area contributed by atoms with E-state index in [0.717, 1.165) is 12.8 Å². The number of Topliss-reactive ketones (excluding diaryl/α,β-unsaturated/α-hetero) is 1. The summed E-state index contributed by atoms with van der Waals surface area (Å²) in [5.74, 6) is 0.0313. The zero-order chi connectivity index (χ0) is 14.8. The molecule has 3 N–H and O–H groups in total. The predicted octanol–water partition coefficient (Wildman–Crippen LogP) is 2.42. The van der Waals surface area contributed by atoms with E-state index in [1.54, 1.807) is 0 Å². The van der Waals surface area contributed by atoms with Crippen LogP contribution in [0.3, 0.4) is 0 Å². The van der Waals surface area contributed by atoms with Crippen molar-refractivity contribution in [2.24, 2.45) is 0 Å². The number of likely N-dealkylation sites (N-methyl/N-ethyl adjacent to an activating group) is 1. The summed E-state index contributed by atoms with van der Waals surface area (Å²) in [6, 6.07) is 4.25. The Labute approximate surface area is 123 Å². The van der Waals surface area contributed by atoms with Crippen LogP contribution in [0.5, 0.6) is 11.5 Å². The van der Waals surface area contributed by atoms with Gasteiger partial charge in [-0.2, -0.15) is 0 Å². The zero-order valence-electron chi connectivity index (χ0n) is 11.5. The molecule has 2 rings (SSSR count). The number of phenols is 2. The average molecular weight is 293 g/mol. The predicted molar refractivity (Wildman–Crippen MR) is 81.2 cm³/mol. The lowest BCUT2D eigenvalue weighted by atomic mass is 9.68. The zero-order valence-corrected chi connectivity index (χ0v) is 12.3. The van der Waals surface area contributed by atoms with E-state index in [2.05, 4.69) is 5.32 Å². The van der Waals surface area contributed by atoms with Crippen LogP contribution in [0, 0.1) is 0 Å². The van der Waals surface area contributed by atoms with Crippen LogP contribution in [0.2, 0.25) is 0 Å². The Morgan fingerprint density at radius 1 is 1.40 bits per heavy atom. The van der Waals surface area contributed by atoms with Gasteiger partial charge >= 0.3 is 0 Å². The normalized spacial score (nSPS) is 22.6. The molecule has 1 aliphatic rings. The topological polar surface area (TPSA) is 69.6 Å². The van der Waals surface area contributed by atoms with Crippen molar-refractivity contribution in [2.45, 2.75) is 38.0 Å². The fourth-order valence-corrected chi connectivity index (χ4v) is 3.32. The van der Waals surface area contributed by atoms with Crippen LogP contribution in [0.25, 0.3) is 0 Å². The molecule has 0 radical (unpaired) electrons. The van der Waals surface area contributed by atoms with Crippen molar-refractivity contribution >= 4 is 23.0 Å². The number of carbonyl (C=O) groups is 1. The first-order valence-electron chi connectivity index (χ1n) is 6.86. The molecule has 1 fully saturated rings. The lowest BCUT2D eigenvalue weighted by molar-refractivity contribution is -0.124. The fourth-order valence-electron chi connectivity index (χ4n) is 2.85. The second-order valence-electron chi connectivity index (χ2n) is 5.10. The number of thiocarbonyl (C=S) groups is 1. The van der Waals surface area contributed by atoms with Gasteiger partial charge < -0.3 is 15.5 Å². The smallest absolute Gasteiger partial charge is 0.150 e. The minimum atomic E-state index is -1.01. The first-order valence-corrected chi connectivity index (χ1v) is 7.27. The van der Waals surface area contributed by atoms with Crippen molar-refractivity contribution in [1.82, 2.24) is 5.32 Å². The van der Waals surface area contributed by atoms with Gasteiger partial charge in [-0.1, -0.05) is 18.6 Å². The van der Waals surface area contributed by atoms with Crippen LogP contribution in [-0.2, 0) is 10.2 Å². The highest BCUT2D eigenvalue weighted by molar-refractivity contribution is 7.80. The van der Waals surface area contributed by atoms with Crippen LogP contribution >= 0.6 is 12.2 Å². The number of aromatic hydroxyl groups is 2. The summed E-state index contributed by atoms with van der Waals surface area (Å²) in [7, 11) is 0. The van der Waals surface area contributed by atoms with Crippen LogP contribution in [0.4, 0.5) is 0 Å². The average Bonchev–Trinajstić information content (AvgIpc) is 2.43. The molecule has 4 nitrogen and oxygen atoms in total. The lowest BCUT2D eigenvalue weighted by Crippen LogP contribution is -2.50. The minimum absolute atomic E-state index is 0.00157. The van der Waals surface area contributed by atoms with Gasteiger partial charge in [-0.05, 0) is 38.0 Å². The van der Waals surface area contributed by atoms with Gasteiger partial charge in [0.2, 0.25) is 0 Å². The monoisotopic (exact) mass is 293 g/mol. The summed E-state index contributed by atoms with van der Waals surface area (Å²) >= 11 is 5.42. The largest absolute Gasteiger partial charge is 0.508 e. The van der Waals surface area contributed by atoms with E-state index < -0.39 is 5.41 Å². The molecule has 0 aromatic heterocycles. The number of carbonyl (C=O) groups excluding carboxylic acids is 1. The van der Waals surface area contributed by atoms with Crippen molar-refractivity contribution in [1.29, 1.82) is 0 Å². The Hall–Kier alpha value is -1.62. The van der Waals surface area contributed by atoms with Crippen molar-refractivity contribution in [3.63, 3.8) is 0 Å². The van der Waals surface area contributed by atoms with Gasteiger partial charge in [-0.15, -0.1) is 0 Å². The Bertz CT molecular complexity index is 544. The van der Waals surface area contributed by atoms with Crippen LogP contribution in [0.1, 0.15) is 38.2 Å². The van der Waals surface area contributed by atoms with Crippen molar-refractivity contribution in [3.8, 4) is 11.5 Å². The number of hydrogen-bond donors (Lipinski definition) is 3. The molecule has 0 heterocycles. The molecule has 0 amide bonds. The maximum absolute atomic E-state index is 12.6. The molecule has 0 saturated heterocycles. The third kappa shape index (κ3) is 2.38. The molecule has 0 bridgehead atoms. The number of hydrogen-bond acceptors (Lipinski definition) is 4. The van der Waals surface area contributed by atoms with Gasteiger partial charge in [0.15, 0.2) is 0 Å². The second kappa shape index (κ2) is 5.79. The molecule has 20 heavy (non-hydrogen) atoms. The highest BCUT2D eigenvalue weighted by atomic mass is 32.1. The molecule has 0 spiro atoms. The molecule has 5 heteroatoms. The van der Waals surface area contributed by atoms with E-state index in [-0.39, 0.29) is 17.3 Å². The fraction of sp³-hybridized carbons (Fsp3) is 0.467. The van der Waals surface area contributed by atoms with Crippen LogP contribution in [0.15, 0.2) is 18.2 Å². The summed E-state index contributed by atoms with van der Waals surface area (Å²) in [5.41, 5.74) is -0.597. The molecule has 1 aromatic carbocycles. The van der Waals surface area contributed by atoms with Gasteiger partial charge in [0, 0.05) is 18.5 Å². The Morgan fingerprint density at radius 3 is 2.80 bits per heavy atom. The van der Waals surface area contributed by atoms with E-state index in [1.165, 1.54) is 18.2 Å². The molecule has 1 aliphatic carbocycles. The van der Waals surface area contributed by atoms with Crippen molar-refractivity contribution < 1.29 is 15.0 Å². The number of nitrogens with one attached hydrogen (secondary N) is 1. The standard InChI is InChI=1S/C15H19NO3S/c1-2-16-14(20)15(8-4-3-5-13(15)19)11-9-10(17)6-7-12(11)18/h6-7,9,17-18H,2-5,8H2,1H3,(H,16,20). The third-order valence-electron chi connectivity index (χ3n) is 3.85.